The van der Waals surface area contributed by atoms with Crippen LogP contribution in [0.15, 0.2) is 28.1 Å². The largest absolute Gasteiger partial charge is 0.478 e. The molecule has 1 N–H and O–H groups in total. The zero-order valence-electron chi connectivity index (χ0n) is 10.6. The Hall–Kier alpha value is -1.40. The molecule has 0 aliphatic heterocycles. The van der Waals surface area contributed by atoms with Crippen LogP contribution in [0, 0.1) is 6.92 Å². The van der Waals surface area contributed by atoms with Crippen LogP contribution in [0.2, 0.25) is 0 Å². The summed E-state index contributed by atoms with van der Waals surface area (Å²) in [5.41, 5.74) is 2.23. The molecule has 1 aromatic heterocycles. The van der Waals surface area contributed by atoms with Gasteiger partial charge in [-0.2, -0.15) is 0 Å². The van der Waals surface area contributed by atoms with Crippen molar-refractivity contribution in [1.29, 1.82) is 0 Å². The minimum atomic E-state index is -0.934. The lowest BCUT2D eigenvalue weighted by Gasteiger charge is -2.18. The molecule has 2 aromatic rings. The van der Waals surface area contributed by atoms with Crippen molar-refractivity contribution in [2.45, 2.75) is 13.5 Å². The van der Waals surface area contributed by atoms with Crippen LogP contribution >= 0.6 is 27.3 Å². The Balaban J connectivity index is 2.17. The molecule has 100 valence electrons. The molecule has 2 rings (SSSR count). The van der Waals surface area contributed by atoms with Crippen molar-refractivity contribution in [2.75, 3.05) is 11.9 Å². The van der Waals surface area contributed by atoms with Crippen molar-refractivity contribution < 1.29 is 9.90 Å². The van der Waals surface area contributed by atoms with Crippen molar-refractivity contribution in [1.82, 2.24) is 4.98 Å². The Morgan fingerprint density at radius 1 is 1.53 bits per heavy atom. The summed E-state index contributed by atoms with van der Waals surface area (Å²) in [6, 6.07) is 5.21. The van der Waals surface area contributed by atoms with Gasteiger partial charge >= 0.3 is 5.97 Å². The SMILES string of the molecule is Cc1nc(CN(C)c2ccc(C(=O)O)c(Br)c2)cs1. The van der Waals surface area contributed by atoms with Gasteiger partial charge in [0.2, 0.25) is 0 Å². The molecule has 6 heteroatoms. The highest BCUT2D eigenvalue weighted by Crippen LogP contribution is 2.24. The fourth-order valence-corrected chi connectivity index (χ4v) is 2.87. The first-order valence-corrected chi connectivity index (χ1v) is 7.29. The molecule has 0 atom stereocenters. The number of halogens is 1. The van der Waals surface area contributed by atoms with Gasteiger partial charge in [0.15, 0.2) is 0 Å². The Morgan fingerprint density at radius 2 is 2.26 bits per heavy atom. The van der Waals surface area contributed by atoms with Crippen LogP contribution in [0.1, 0.15) is 21.1 Å². The Bertz CT molecular complexity index is 612. The maximum Gasteiger partial charge on any atom is 0.336 e. The highest BCUT2D eigenvalue weighted by molar-refractivity contribution is 9.10. The monoisotopic (exact) mass is 340 g/mol. The first kappa shape index (κ1) is 14.0. The summed E-state index contributed by atoms with van der Waals surface area (Å²) in [6.45, 7) is 2.68. The lowest BCUT2D eigenvalue weighted by Crippen LogP contribution is -2.16. The number of benzene rings is 1. The molecule has 0 radical (unpaired) electrons. The lowest BCUT2D eigenvalue weighted by atomic mass is 10.2. The van der Waals surface area contributed by atoms with Crippen LogP contribution in [-0.4, -0.2) is 23.1 Å². The number of nitrogens with zero attached hydrogens (tertiary/aromatic N) is 2. The number of aromatic carboxylic acids is 1. The van der Waals surface area contributed by atoms with Crippen molar-refractivity contribution in [3.8, 4) is 0 Å². The van der Waals surface area contributed by atoms with Gasteiger partial charge in [0.25, 0.3) is 0 Å². The maximum absolute atomic E-state index is 10.9. The van der Waals surface area contributed by atoms with Crippen LogP contribution in [0.3, 0.4) is 0 Å². The Morgan fingerprint density at radius 3 is 2.79 bits per heavy atom. The van der Waals surface area contributed by atoms with E-state index in [9.17, 15) is 4.79 Å². The van der Waals surface area contributed by atoms with E-state index in [4.69, 9.17) is 5.11 Å². The van der Waals surface area contributed by atoms with Gasteiger partial charge in [-0.15, -0.1) is 11.3 Å². The van der Waals surface area contributed by atoms with E-state index in [1.165, 1.54) is 0 Å². The molecule has 4 nitrogen and oxygen atoms in total. The smallest absolute Gasteiger partial charge is 0.336 e. The molecule has 0 aliphatic rings. The molecule has 0 saturated heterocycles. The maximum atomic E-state index is 10.9. The minimum absolute atomic E-state index is 0.265. The number of aryl methyl sites for hydroxylation is 1. The van der Waals surface area contributed by atoms with Gasteiger partial charge in [-0.1, -0.05) is 0 Å². The van der Waals surface area contributed by atoms with Gasteiger partial charge in [0.05, 0.1) is 22.8 Å². The van der Waals surface area contributed by atoms with Gasteiger partial charge in [-0.05, 0) is 41.1 Å². The molecular formula is C13H13BrN2O2S. The van der Waals surface area contributed by atoms with E-state index in [0.717, 1.165) is 16.4 Å². The first-order chi connectivity index (χ1) is 8.97. The van der Waals surface area contributed by atoms with Crippen LogP contribution in [0.25, 0.3) is 0 Å². The molecule has 0 fully saturated rings. The first-order valence-electron chi connectivity index (χ1n) is 5.62. The number of thiazole rings is 1. The fourth-order valence-electron chi connectivity index (χ4n) is 1.73. The van der Waals surface area contributed by atoms with Gasteiger partial charge in [0.1, 0.15) is 0 Å². The number of aromatic nitrogens is 1. The van der Waals surface area contributed by atoms with E-state index >= 15 is 0 Å². The quantitative estimate of drug-likeness (QED) is 0.924. The molecular weight excluding hydrogens is 328 g/mol. The number of carboxylic acid groups (broad SMARTS) is 1. The predicted octanol–water partition coefficient (Wildman–Crippen LogP) is 3.55. The van der Waals surface area contributed by atoms with Gasteiger partial charge in [0, 0.05) is 22.6 Å². The number of anilines is 1. The minimum Gasteiger partial charge on any atom is -0.478 e. The number of hydrogen-bond donors (Lipinski definition) is 1. The second kappa shape index (κ2) is 5.71. The summed E-state index contributed by atoms with van der Waals surface area (Å²) in [7, 11) is 1.96. The summed E-state index contributed by atoms with van der Waals surface area (Å²) in [6.07, 6.45) is 0. The Kier molecular flexibility index (Phi) is 4.21. The van der Waals surface area contributed by atoms with Crippen molar-refractivity contribution >= 4 is 38.9 Å². The average molecular weight is 341 g/mol. The number of rotatable bonds is 4. The normalized spacial score (nSPS) is 10.5. The number of hydrogen-bond acceptors (Lipinski definition) is 4. The van der Waals surface area contributed by atoms with E-state index in [1.54, 1.807) is 23.5 Å². The second-order valence-electron chi connectivity index (χ2n) is 4.18. The topological polar surface area (TPSA) is 53.4 Å². The van der Waals surface area contributed by atoms with Crippen molar-refractivity contribution in [3.63, 3.8) is 0 Å². The van der Waals surface area contributed by atoms with E-state index < -0.39 is 5.97 Å². The van der Waals surface area contributed by atoms with Crippen molar-refractivity contribution in [2.24, 2.45) is 0 Å². The van der Waals surface area contributed by atoms with Gasteiger partial charge in [-0.3, -0.25) is 0 Å². The highest BCUT2D eigenvalue weighted by atomic mass is 79.9. The zero-order valence-corrected chi connectivity index (χ0v) is 13.0. The summed E-state index contributed by atoms with van der Waals surface area (Å²) < 4.78 is 0.582. The summed E-state index contributed by atoms with van der Waals surface area (Å²) in [4.78, 5) is 17.4. The molecule has 0 unspecified atom stereocenters. The van der Waals surface area contributed by atoms with Crippen LogP contribution in [0.5, 0.6) is 0 Å². The highest BCUT2D eigenvalue weighted by Gasteiger charge is 2.11. The van der Waals surface area contributed by atoms with Gasteiger partial charge in [-0.25, -0.2) is 9.78 Å². The molecule has 0 saturated carbocycles. The standard InChI is InChI=1S/C13H13BrN2O2S/c1-8-15-9(7-19-8)6-16(2)10-3-4-11(13(17)18)12(14)5-10/h3-5,7H,6H2,1-2H3,(H,17,18). The third kappa shape index (κ3) is 3.33. The van der Waals surface area contributed by atoms with Gasteiger partial charge < -0.3 is 10.0 Å². The van der Waals surface area contributed by atoms with E-state index in [2.05, 4.69) is 20.9 Å². The predicted molar refractivity (Wildman–Crippen MR) is 80.1 cm³/mol. The van der Waals surface area contributed by atoms with Crippen LogP contribution in [-0.2, 0) is 6.54 Å². The van der Waals surface area contributed by atoms with E-state index in [-0.39, 0.29) is 5.56 Å². The van der Waals surface area contributed by atoms with Crippen molar-refractivity contribution in [3.05, 3.63) is 44.3 Å². The molecule has 0 bridgehead atoms. The molecule has 1 aromatic carbocycles. The second-order valence-corrected chi connectivity index (χ2v) is 6.10. The molecule has 19 heavy (non-hydrogen) atoms. The number of carboxylic acids is 1. The number of carbonyl (C=O) groups is 1. The van der Waals surface area contributed by atoms with Crippen LogP contribution < -0.4 is 4.90 Å². The Labute approximate surface area is 123 Å². The third-order valence-corrected chi connectivity index (χ3v) is 4.17. The summed E-state index contributed by atoms with van der Waals surface area (Å²) in [5, 5.41) is 12.1. The summed E-state index contributed by atoms with van der Waals surface area (Å²) in [5.74, 6) is -0.934. The average Bonchev–Trinajstić information content (AvgIpc) is 2.74. The van der Waals surface area contributed by atoms with Crippen LogP contribution in [0.4, 0.5) is 5.69 Å². The zero-order chi connectivity index (χ0) is 14.0. The molecule has 0 aliphatic carbocycles. The summed E-state index contributed by atoms with van der Waals surface area (Å²) >= 11 is 4.91. The third-order valence-electron chi connectivity index (χ3n) is 2.69. The fraction of sp³-hybridized carbons (Fsp3) is 0.231. The molecule has 1 heterocycles. The van der Waals surface area contributed by atoms with E-state index in [1.807, 2.05) is 30.3 Å². The molecule has 0 amide bonds. The lowest BCUT2D eigenvalue weighted by molar-refractivity contribution is 0.0696. The van der Waals surface area contributed by atoms with E-state index in [0.29, 0.717) is 11.0 Å². The molecule has 0 spiro atoms.